The average molecular weight is 477 g/mol. The fourth-order valence-electron chi connectivity index (χ4n) is 4.02. The molecule has 1 saturated heterocycles. The quantitative estimate of drug-likeness (QED) is 0.337. The molecule has 0 saturated carbocycles. The predicted molar refractivity (Wildman–Crippen MR) is 134 cm³/mol. The van der Waals surface area contributed by atoms with Gasteiger partial charge in [-0.25, -0.2) is 4.98 Å². The van der Waals surface area contributed by atoms with Gasteiger partial charge in [0.05, 0.1) is 24.2 Å². The molecule has 5 rings (SSSR count). The maximum Gasteiger partial charge on any atom is 0.255 e. The molecule has 10 heteroatoms. The van der Waals surface area contributed by atoms with Crippen LogP contribution in [0.25, 0.3) is 11.2 Å². The second-order valence-electron chi connectivity index (χ2n) is 8.39. The molecule has 0 bridgehead atoms. The number of carbonyl (C=O) groups excluding carboxylic acids is 1. The number of amides is 1. The number of hydrogen-bond acceptors (Lipinski definition) is 7. The highest BCUT2D eigenvalue weighted by Gasteiger charge is 2.21. The number of imidazole rings is 1. The molecule has 1 fully saturated rings. The lowest BCUT2D eigenvalue weighted by atomic mass is 10.1. The highest BCUT2D eigenvalue weighted by molar-refractivity contribution is 6.28. The number of hydrogen-bond donors (Lipinski definition) is 2. The van der Waals surface area contributed by atoms with Gasteiger partial charge in [0.25, 0.3) is 5.91 Å². The molecule has 3 heterocycles. The van der Waals surface area contributed by atoms with E-state index in [1.54, 1.807) is 30.6 Å². The van der Waals surface area contributed by atoms with Crippen molar-refractivity contribution in [1.29, 1.82) is 0 Å². The summed E-state index contributed by atoms with van der Waals surface area (Å²) in [5.74, 6) is 0.558. The lowest BCUT2D eigenvalue weighted by Gasteiger charge is -2.33. The highest BCUT2D eigenvalue weighted by atomic mass is 35.5. The molecule has 0 spiro atoms. The molecule has 9 nitrogen and oxygen atoms in total. The fraction of sp³-hybridized carbons (Fsp3) is 0.250. The molecule has 34 heavy (non-hydrogen) atoms. The smallest absolute Gasteiger partial charge is 0.255 e. The van der Waals surface area contributed by atoms with Crippen LogP contribution in [-0.4, -0.2) is 63.6 Å². The third-order valence-electron chi connectivity index (χ3n) is 6.00. The number of anilines is 3. The lowest BCUT2D eigenvalue weighted by Crippen LogP contribution is -2.45. The molecule has 0 aliphatic carbocycles. The number of nitrogens with zero attached hydrogens (tertiary/aromatic N) is 6. The van der Waals surface area contributed by atoms with E-state index in [1.165, 1.54) is 0 Å². The first-order chi connectivity index (χ1) is 16.5. The topological polar surface area (TPSA) is 105 Å². The molecular weight excluding hydrogens is 452 g/mol. The summed E-state index contributed by atoms with van der Waals surface area (Å²) in [5.41, 5.74) is 10.0. The SMILES string of the molecule is CN1CCN(c2nc(Cl)nc3c2ncn3Cc2ccc(C(=O)Nc3ccccc3N)cc2)CC1. The van der Waals surface area contributed by atoms with E-state index < -0.39 is 0 Å². The van der Waals surface area contributed by atoms with Crippen LogP contribution in [-0.2, 0) is 6.54 Å². The fourth-order valence-corrected chi connectivity index (χ4v) is 4.18. The molecule has 2 aromatic heterocycles. The number of nitrogen functional groups attached to an aromatic ring is 1. The van der Waals surface area contributed by atoms with Crippen LogP contribution in [0.3, 0.4) is 0 Å². The van der Waals surface area contributed by atoms with Gasteiger partial charge < -0.3 is 25.4 Å². The van der Waals surface area contributed by atoms with Gasteiger partial charge in [-0.05, 0) is 48.5 Å². The number of carbonyl (C=O) groups is 1. The summed E-state index contributed by atoms with van der Waals surface area (Å²) in [6, 6.07) is 14.6. The zero-order valence-corrected chi connectivity index (χ0v) is 19.5. The van der Waals surface area contributed by atoms with Gasteiger partial charge >= 0.3 is 0 Å². The van der Waals surface area contributed by atoms with Gasteiger partial charge in [0, 0.05) is 31.7 Å². The molecule has 1 aliphatic heterocycles. The Morgan fingerprint density at radius 2 is 1.79 bits per heavy atom. The molecule has 0 unspecified atom stereocenters. The van der Waals surface area contributed by atoms with Crippen LogP contribution in [0.4, 0.5) is 17.2 Å². The van der Waals surface area contributed by atoms with Crippen LogP contribution in [0, 0.1) is 0 Å². The second kappa shape index (κ2) is 9.28. The Labute approximate surface area is 202 Å². The van der Waals surface area contributed by atoms with Crippen molar-refractivity contribution in [2.45, 2.75) is 6.54 Å². The van der Waals surface area contributed by atoms with Crippen LogP contribution in [0.15, 0.2) is 54.9 Å². The minimum atomic E-state index is -0.214. The van der Waals surface area contributed by atoms with Gasteiger partial charge in [-0.15, -0.1) is 0 Å². The van der Waals surface area contributed by atoms with E-state index >= 15 is 0 Å². The van der Waals surface area contributed by atoms with Crippen LogP contribution >= 0.6 is 11.6 Å². The van der Waals surface area contributed by atoms with E-state index in [0.717, 1.165) is 43.1 Å². The zero-order chi connectivity index (χ0) is 23.7. The zero-order valence-electron chi connectivity index (χ0n) is 18.8. The maximum absolute atomic E-state index is 12.6. The van der Waals surface area contributed by atoms with Gasteiger partial charge in [0.15, 0.2) is 17.0 Å². The van der Waals surface area contributed by atoms with Crippen LogP contribution in [0.1, 0.15) is 15.9 Å². The molecule has 1 amide bonds. The third kappa shape index (κ3) is 4.52. The Morgan fingerprint density at radius 1 is 1.06 bits per heavy atom. The summed E-state index contributed by atoms with van der Waals surface area (Å²) in [6.07, 6.45) is 1.76. The molecule has 4 aromatic rings. The van der Waals surface area contributed by atoms with E-state index in [-0.39, 0.29) is 11.2 Å². The monoisotopic (exact) mass is 476 g/mol. The van der Waals surface area contributed by atoms with Gasteiger partial charge in [-0.2, -0.15) is 9.97 Å². The summed E-state index contributed by atoms with van der Waals surface area (Å²) < 4.78 is 1.95. The maximum atomic E-state index is 12.6. The van der Waals surface area contributed by atoms with Gasteiger partial charge in [0.2, 0.25) is 5.28 Å². The number of aromatic nitrogens is 4. The third-order valence-corrected chi connectivity index (χ3v) is 6.17. The molecule has 0 radical (unpaired) electrons. The molecule has 1 aliphatic rings. The first kappa shape index (κ1) is 22.1. The van der Waals surface area contributed by atoms with Crippen molar-refractivity contribution in [2.75, 3.05) is 49.2 Å². The standard InChI is InChI=1S/C24H25ClN8O/c1-31-10-12-32(13-11-31)21-20-22(30-24(25)29-21)33(15-27-20)14-16-6-8-17(9-7-16)23(34)28-19-5-3-2-4-18(19)26/h2-9,15H,10-14,26H2,1H3,(H,28,34). The van der Waals surface area contributed by atoms with E-state index in [0.29, 0.717) is 29.1 Å². The molecule has 0 atom stereocenters. The van der Waals surface area contributed by atoms with Crippen molar-refractivity contribution in [3.8, 4) is 0 Å². The molecule has 2 aromatic carbocycles. The van der Waals surface area contributed by atoms with E-state index in [2.05, 4.69) is 37.1 Å². The summed E-state index contributed by atoms with van der Waals surface area (Å²) in [4.78, 5) is 30.6. The lowest BCUT2D eigenvalue weighted by molar-refractivity contribution is 0.102. The van der Waals surface area contributed by atoms with Gasteiger partial charge in [-0.3, -0.25) is 4.79 Å². The summed E-state index contributed by atoms with van der Waals surface area (Å²) in [7, 11) is 2.11. The number of nitrogens with two attached hydrogens (primary N) is 1. The van der Waals surface area contributed by atoms with Gasteiger partial charge in [0.1, 0.15) is 0 Å². The number of nitrogens with one attached hydrogen (secondary N) is 1. The Morgan fingerprint density at radius 3 is 2.53 bits per heavy atom. The van der Waals surface area contributed by atoms with Crippen molar-refractivity contribution >= 4 is 45.9 Å². The number of piperazine rings is 1. The van der Waals surface area contributed by atoms with Crippen LogP contribution in [0.2, 0.25) is 5.28 Å². The van der Waals surface area contributed by atoms with Crippen LogP contribution < -0.4 is 16.0 Å². The van der Waals surface area contributed by atoms with Crippen molar-refractivity contribution in [2.24, 2.45) is 0 Å². The van der Waals surface area contributed by atoms with Crippen LogP contribution in [0.5, 0.6) is 0 Å². The van der Waals surface area contributed by atoms with E-state index in [4.69, 9.17) is 17.3 Å². The average Bonchev–Trinajstić information content (AvgIpc) is 3.23. The van der Waals surface area contributed by atoms with Gasteiger partial charge in [-0.1, -0.05) is 24.3 Å². The number of para-hydroxylation sites is 2. The first-order valence-corrected chi connectivity index (χ1v) is 11.4. The van der Waals surface area contributed by atoms with E-state index in [9.17, 15) is 4.79 Å². The normalized spacial score (nSPS) is 14.5. The largest absolute Gasteiger partial charge is 0.397 e. The predicted octanol–water partition coefficient (Wildman–Crippen LogP) is 3.11. The molecule has 3 N–H and O–H groups in total. The highest BCUT2D eigenvalue weighted by Crippen LogP contribution is 2.26. The minimum Gasteiger partial charge on any atom is -0.397 e. The Kier molecular flexibility index (Phi) is 6.04. The van der Waals surface area contributed by atoms with Crippen molar-refractivity contribution < 1.29 is 4.79 Å². The number of likely N-dealkylation sites (N-methyl/N-ethyl adjacent to an activating group) is 1. The Bertz CT molecular complexity index is 1330. The second-order valence-corrected chi connectivity index (χ2v) is 8.73. The van der Waals surface area contributed by atoms with Crippen molar-refractivity contribution in [3.63, 3.8) is 0 Å². The molecular formula is C24H25ClN8O. The summed E-state index contributed by atoms with van der Waals surface area (Å²) in [5, 5.41) is 3.05. The van der Waals surface area contributed by atoms with Crippen molar-refractivity contribution in [1.82, 2.24) is 24.4 Å². The number of fused-ring (bicyclic) bond motifs is 1. The summed E-state index contributed by atoms with van der Waals surface area (Å²) in [6.45, 7) is 4.19. The number of rotatable bonds is 5. The first-order valence-electron chi connectivity index (χ1n) is 11.0. The Hall–Kier alpha value is -3.69. The minimum absolute atomic E-state index is 0.204. The van der Waals surface area contributed by atoms with Crippen molar-refractivity contribution in [3.05, 3.63) is 71.3 Å². The van der Waals surface area contributed by atoms with E-state index in [1.807, 2.05) is 28.8 Å². The Balaban J connectivity index is 1.34. The molecule has 174 valence electrons. The summed E-state index contributed by atoms with van der Waals surface area (Å²) >= 11 is 6.28. The number of halogens is 1. The number of benzene rings is 2.